The highest BCUT2D eigenvalue weighted by Gasteiger charge is 2.15. The third-order valence-electron chi connectivity index (χ3n) is 4.94. The Labute approximate surface area is 153 Å². The lowest BCUT2D eigenvalue weighted by atomic mass is 9.96. The minimum absolute atomic E-state index is 0.796. The molecule has 1 aliphatic rings. The van der Waals surface area contributed by atoms with Crippen molar-refractivity contribution in [3.8, 4) is 0 Å². The predicted molar refractivity (Wildman–Crippen MR) is 107 cm³/mol. The average molecular weight is 347 g/mol. The summed E-state index contributed by atoms with van der Waals surface area (Å²) in [6.45, 7) is 3.79. The van der Waals surface area contributed by atoms with Gasteiger partial charge >= 0.3 is 0 Å². The maximum atomic E-state index is 5.44. The summed E-state index contributed by atoms with van der Waals surface area (Å²) in [6.07, 6.45) is 4.61. The molecule has 0 spiro atoms. The number of nitrogens with one attached hydrogen (secondary N) is 1. The molecule has 0 amide bonds. The normalized spacial score (nSPS) is 15.9. The van der Waals surface area contributed by atoms with Crippen LogP contribution in [-0.2, 0) is 11.2 Å². The van der Waals surface area contributed by atoms with Gasteiger partial charge in [0.2, 0.25) is 0 Å². The molecular weight excluding hydrogens is 312 g/mol. The fraction of sp³-hybridized carbons (Fsp3) is 0.650. The van der Waals surface area contributed by atoms with E-state index in [2.05, 4.69) is 65.5 Å². The third-order valence-corrected chi connectivity index (χ3v) is 4.94. The van der Waals surface area contributed by atoms with Crippen LogP contribution in [0.4, 0.5) is 5.69 Å². The summed E-state index contributed by atoms with van der Waals surface area (Å²) in [5.74, 6) is 1.78. The Hall–Kier alpha value is -1.75. The molecule has 1 aromatic carbocycles. The van der Waals surface area contributed by atoms with Crippen molar-refractivity contribution in [2.24, 2.45) is 10.9 Å². The molecule has 0 aliphatic carbocycles. The van der Waals surface area contributed by atoms with Crippen molar-refractivity contribution >= 4 is 11.6 Å². The van der Waals surface area contributed by atoms with E-state index in [1.807, 2.05) is 7.05 Å². The lowest BCUT2D eigenvalue weighted by Crippen LogP contribution is -2.40. The number of anilines is 1. The Morgan fingerprint density at radius 1 is 1.16 bits per heavy atom. The summed E-state index contributed by atoms with van der Waals surface area (Å²) in [6, 6.07) is 8.75. The Balaban J connectivity index is 1.71. The van der Waals surface area contributed by atoms with E-state index in [9.17, 15) is 0 Å². The molecule has 1 saturated heterocycles. The van der Waals surface area contributed by atoms with Gasteiger partial charge in [-0.1, -0.05) is 12.1 Å². The molecule has 0 atom stereocenters. The van der Waals surface area contributed by atoms with Gasteiger partial charge in [-0.2, -0.15) is 0 Å². The van der Waals surface area contributed by atoms with E-state index in [4.69, 9.17) is 4.74 Å². The monoisotopic (exact) mass is 346 g/mol. The maximum absolute atomic E-state index is 5.44. The topological polar surface area (TPSA) is 40.1 Å². The maximum Gasteiger partial charge on any atom is 0.193 e. The van der Waals surface area contributed by atoms with Crippen molar-refractivity contribution in [1.29, 1.82) is 0 Å². The first-order chi connectivity index (χ1) is 12.1. The van der Waals surface area contributed by atoms with Gasteiger partial charge in [0.25, 0.3) is 0 Å². The molecular formula is C20H34N4O. The number of ether oxygens (including phenoxy) is 1. The van der Waals surface area contributed by atoms with Crippen LogP contribution in [0.2, 0.25) is 0 Å². The number of hydrogen-bond acceptors (Lipinski definition) is 3. The summed E-state index contributed by atoms with van der Waals surface area (Å²) in [4.78, 5) is 8.78. The average Bonchev–Trinajstić information content (AvgIpc) is 2.64. The minimum Gasteiger partial charge on any atom is -0.381 e. The molecule has 5 nitrogen and oxygen atoms in total. The van der Waals surface area contributed by atoms with Gasteiger partial charge in [-0.3, -0.25) is 4.99 Å². The van der Waals surface area contributed by atoms with Crippen LogP contribution in [0.3, 0.4) is 0 Å². The first-order valence-corrected chi connectivity index (χ1v) is 9.36. The zero-order chi connectivity index (χ0) is 18.1. The molecule has 1 aromatic rings. The minimum atomic E-state index is 0.796. The number of guanidine groups is 1. The zero-order valence-electron chi connectivity index (χ0n) is 16.3. The highest BCUT2D eigenvalue weighted by atomic mass is 16.5. The van der Waals surface area contributed by atoms with E-state index in [0.29, 0.717) is 0 Å². The number of benzene rings is 1. The van der Waals surface area contributed by atoms with Crippen molar-refractivity contribution in [2.75, 3.05) is 59.4 Å². The predicted octanol–water partition coefficient (Wildman–Crippen LogP) is 2.62. The molecule has 0 radical (unpaired) electrons. The van der Waals surface area contributed by atoms with E-state index < -0.39 is 0 Å². The van der Waals surface area contributed by atoms with Gasteiger partial charge in [-0.25, -0.2) is 0 Å². The molecule has 0 aromatic heterocycles. The quantitative estimate of drug-likeness (QED) is 0.609. The smallest absolute Gasteiger partial charge is 0.193 e. The van der Waals surface area contributed by atoms with Gasteiger partial charge < -0.3 is 19.9 Å². The summed E-state index contributed by atoms with van der Waals surface area (Å²) in [5, 5.41) is 3.48. The largest absolute Gasteiger partial charge is 0.381 e. The summed E-state index contributed by atoms with van der Waals surface area (Å²) in [7, 11) is 8.12. The standard InChI is InChI=1S/C20H34N4O/c1-21-20(24(4)14-10-18-11-15-25-16-12-18)22-13-9-17-5-7-19(8-6-17)23(2)3/h5-8,18H,9-16H2,1-4H3,(H,21,22). The lowest BCUT2D eigenvalue weighted by molar-refractivity contribution is 0.0625. The fourth-order valence-electron chi connectivity index (χ4n) is 3.18. The van der Waals surface area contributed by atoms with E-state index in [0.717, 1.165) is 44.6 Å². The molecule has 0 saturated carbocycles. The van der Waals surface area contributed by atoms with Crippen molar-refractivity contribution in [2.45, 2.75) is 25.7 Å². The number of nitrogens with zero attached hydrogens (tertiary/aromatic N) is 3. The molecule has 1 fully saturated rings. The fourth-order valence-corrected chi connectivity index (χ4v) is 3.18. The molecule has 1 heterocycles. The Bertz CT molecular complexity index is 521. The van der Waals surface area contributed by atoms with Gasteiger partial charge in [0.15, 0.2) is 5.96 Å². The van der Waals surface area contributed by atoms with Gasteiger partial charge in [0.1, 0.15) is 0 Å². The summed E-state index contributed by atoms with van der Waals surface area (Å²) in [5.41, 5.74) is 2.58. The first kappa shape index (κ1) is 19.6. The van der Waals surface area contributed by atoms with Crippen LogP contribution < -0.4 is 10.2 Å². The SMILES string of the molecule is CN=C(NCCc1ccc(N(C)C)cc1)N(C)CCC1CCOCC1. The van der Waals surface area contributed by atoms with Crippen LogP contribution >= 0.6 is 0 Å². The zero-order valence-corrected chi connectivity index (χ0v) is 16.3. The van der Waals surface area contributed by atoms with Gasteiger partial charge in [0.05, 0.1) is 0 Å². The highest BCUT2D eigenvalue weighted by molar-refractivity contribution is 5.79. The number of rotatable bonds is 7. The molecule has 25 heavy (non-hydrogen) atoms. The van der Waals surface area contributed by atoms with E-state index >= 15 is 0 Å². The summed E-state index contributed by atoms with van der Waals surface area (Å²) >= 11 is 0. The van der Waals surface area contributed by atoms with Gasteiger partial charge in [-0.05, 0) is 49.3 Å². The van der Waals surface area contributed by atoms with E-state index in [1.54, 1.807) is 0 Å². The Morgan fingerprint density at radius 3 is 2.44 bits per heavy atom. The van der Waals surface area contributed by atoms with E-state index in [-0.39, 0.29) is 0 Å². The molecule has 2 rings (SSSR count). The van der Waals surface area contributed by atoms with Crippen LogP contribution in [0.15, 0.2) is 29.3 Å². The number of aliphatic imine (C=N–C) groups is 1. The molecule has 1 aliphatic heterocycles. The van der Waals surface area contributed by atoms with E-state index in [1.165, 1.54) is 30.5 Å². The Kier molecular flexibility index (Phi) is 8.06. The second kappa shape index (κ2) is 10.3. The molecule has 1 N–H and O–H groups in total. The molecule has 140 valence electrons. The van der Waals surface area contributed by atoms with Crippen molar-refractivity contribution in [3.05, 3.63) is 29.8 Å². The van der Waals surface area contributed by atoms with Gasteiger partial charge in [-0.15, -0.1) is 0 Å². The van der Waals surface area contributed by atoms with Gasteiger partial charge in [0, 0.05) is 60.2 Å². The highest BCUT2D eigenvalue weighted by Crippen LogP contribution is 2.18. The van der Waals surface area contributed by atoms with Crippen molar-refractivity contribution in [1.82, 2.24) is 10.2 Å². The van der Waals surface area contributed by atoms with Crippen molar-refractivity contribution < 1.29 is 4.74 Å². The van der Waals surface area contributed by atoms with Crippen LogP contribution in [0.1, 0.15) is 24.8 Å². The summed E-state index contributed by atoms with van der Waals surface area (Å²) < 4.78 is 5.44. The van der Waals surface area contributed by atoms with Crippen LogP contribution in [0.5, 0.6) is 0 Å². The molecule has 0 bridgehead atoms. The third kappa shape index (κ3) is 6.58. The molecule has 0 unspecified atom stereocenters. The van der Waals surface area contributed by atoms with Crippen LogP contribution in [0, 0.1) is 5.92 Å². The van der Waals surface area contributed by atoms with Crippen molar-refractivity contribution in [3.63, 3.8) is 0 Å². The van der Waals surface area contributed by atoms with Crippen LogP contribution in [0.25, 0.3) is 0 Å². The molecule has 5 heteroatoms. The number of hydrogen-bond donors (Lipinski definition) is 1. The Morgan fingerprint density at radius 2 is 1.84 bits per heavy atom. The first-order valence-electron chi connectivity index (χ1n) is 9.36. The lowest BCUT2D eigenvalue weighted by Gasteiger charge is -2.26. The second-order valence-electron chi connectivity index (χ2n) is 7.05. The van der Waals surface area contributed by atoms with Crippen LogP contribution in [-0.4, -0.2) is 65.4 Å². The second-order valence-corrected chi connectivity index (χ2v) is 7.05.